The first-order chi connectivity index (χ1) is 9.75. The number of hydrogen-bond donors (Lipinski definition) is 0. The van der Waals surface area contributed by atoms with Crippen LogP contribution in [0.1, 0.15) is 12.8 Å². The van der Waals surface area contributed by atoms with Crippen molar-refractivity contribution in [2.75, 3.05) is 12.4 Å². The Morgan fingerprint density at radius 1 is 1.05 bits per heavy atom. The molecule has 1 aromatic heterocycles. The molecular weight excluding hydrogens is 315 g/mol. The second-order valence-corrected chi connectivity index (χ2v) is 5.89. The third-order valence-corrected chi connectivity index (χ3v) is 4.17. The summed E-state index contributed by atoms with van der Waals surface area (Å²) in [6.07, 6.45) is 5.52. The van der Waals surface area contributed by atoms with E-state index < -0.39 is 0 Å². The van der Waals surface area contributed by atoms with Crippen LogP contribution in [0, 0.1) is 0 Å². The van der Waals surface area contributed by atoms with Crippen molar-refractivity contribution in [3.05, 3.63) is 46.7 Å². The lowest BCUT2D eigenvalue weighted by Crippen LogP contribution is -1.98. The zero-order valence-corrected chi connectivity index (χ0v) is 13.1. The number of aromatic nitrogens is 2. The number of thioether (sulfide) groups is 1. The fourth-order valence-corrected chi connectivity index (χ4v) is 2.57. The Morgan fingerprint density at radius 3 is 2.60 bits per heavy atom. The van der Waals surface area contributed by atoms with E-state index in [1.165, 1.54) is 0 Å². The van der Waals surface area contributed by atoms with E-state index in [0.717, 1.165) is 29.5 Å². The van der Waals surface area contributed by atoms with Crippen LogP contribution in [-0.4, -0.2) is 22.3 Å². The minimum absolute atomic E-state index is 0.515. The molecule has 0 unspecified atom stereocenters. The van der Waals surface area contributed by atoms with Gasteiger partial charge in [-0.3, -0.25) is 0 Å². The Balaban J connectivity index is 1.61. The maximum atomic E-state index is 5.92. The van der Waals surface area contributed by atoms with Crippen LogP contribution in [0.2, 0.25) is 10.0 Å². The molecule has 106 valence electrons. The maximum absolute atomic E-state index is 5.92. The van der Waals surface area contributed by atoms with Crippen molar-refractivity contribution in [1.29, 1.82) is 0 Å². The van der Waals surface area contributed by atoms with Gasteiger partial charge in [0.15, 0.2) is 5.16 Å². The standard InChI is InChI=1S/C14H14Cl2N2OS/c15-12-5-4-11(10-13(12)16)19-8-1-2-9-20-14-17-6-3-7-18-14/h3-7,10H,1-2,8-9H2. The van der Waals surface area contributed by atoms with Crippen molar-refractivity contribution < 1.29 is 4.74 Å². The Bertz CT molecular complexity index is 540. The predicted octanol–water partition coefficient (Wildman–Crippen LogP) is 4.73. The quantitative estimate of drug-likeness (QED) is 0.418. The molecule has 0 saturated carbocycles. The van der Waals surface area contributed by atoms with Crippen LogP contribution in [0.4, 0.5) is 0 Å². The zero-order valence-electron chi connectivity index (χ0n) is 10.8. The SMILES string of the molecule is Clc1ccc(OCCCCSc2ncccn2)cc1Cl. The normalized spacial score (nSPS) is 10.5. The summed E-state index contributed by atoms with van der Waals surface area (Å²) in [5.74, 6) is 1.73. The molecule has 0 aliphatic heterocycles. The van der Waals surface area contributed by atoms with Gasteiger partial charge in [-0.25, -0.2) is 9.97 Å². The average Bonchev–Trinajstić information content (AvgIpc) is 2.47. The Kier molecular flexibility index (Phi) is 6.43. The molecule has 1 heterocycles. The highest BCUT2D eigenvalue weighted by molar-refractivity contribution is 7.99. The molecule has 20 heavy (non-hydrogen) atoms. The zero-order chi connectivity index (χ0) is 14.2. The van der Waals surface area contributed by atoms with Gasteiger partial charge in [0.2, 0.25) is 0 Å². The van der Waals surface area contributed by atoms with Crippen LogP contribution < -0.4 is 4.74 Å². The number of ether oxygens (including phenoxy) is 1. The first kappa shape index (κ1) is 15.4. The average molecular weight is 329 g/mol. The number of rotatable bonds is 7. The van der Waals surface area contributed by atoms with Crippen LogP contribution in [-0.2, 0) is 0 Å². The van der Waals surface area contributed by atoms with E-state index >= 15 is 0 Å². The van der Waals surface area contributed by atoms with Gasteiger partial charge in [-0.2, -0.15) is 0 Å². The highest BCUT2D eigenvalue weighted by Gasteiger charge is 2.00. The van der Waals surface area contributed by atoms with Gasteiger partial charge in [0.25, 0.3) is 0 Å². The topological polar surface area (TPSA) is 35.0 Å². The molecule has 1 aromatic carbocycles. The molecule has 0 saturated heterocycles. The van der Waals surface area contributed by atoms with Gasteiger partial charge in [0, 0.05) is 24.2 Å². The summed E-state index contributed by atoms with van der Waals surface area (Å²) in [4.78, 5) is 8.31. The molecule has 2 rings (SSSR count). The minimum atomic E-state index is 0.515. The van der Waals surface area contributed by atoms with E-state index in [4.69, 9.17) is 27.9 Å². The van der Waals surface area contributed by atoms with E-state index in [9.17, 15) is 0 Å². The molecule has 0 fully saturated rings. The lowest BCUT2D eigenvalue weighted by atomic mass is 10.3. The largest absolute Gasteiger partial charge is 0.494 e. The third kappa shape index (κ3) is 5.19. The molecule has 2 aromatic rings. The molecule has 0 spiro atoms. The Hall–Kier alpha value is -0.970. The first-order valence-electron chi connectivity index (χ1n) is 6.23. The van der Waals surface area contributed by atoms with Crippen LogP contribution in [0.25, 0.3) is 0 Å². The van der Waals surface area contributed by atoms with Gasteiger partial charge in [-0.1, -0.05) is 35.0 Å². The number of benzene rings is 1. The van der Waals surface area contributed by atoms with Gasteiger partial charge >= 0.3 is 0 Å². The van der Waals surface area contributed by atoms with Gasteiger partial charge in [0.1, 0.15) is 5.75 Å². The van der Waals surface area contributed by atoms with Crippen LogP contribution >= 0.6 is 35.0 Å². The highest BCUT2D eigenvalue weighted by atomic mass is 35.5. The van der Waals surface area contributed by atoms with Crippen LogP contribution in [0.3, 0.4) is 0 Å². The fourth-order valence-electron chi connectivity index (χ4n) is 1.48. The third-order valence-electron chi connectivity index (χ3n) is 2.47. The van der Waals surface area contributed by atoms with Crippen LogP contribution in [0.15, 0.2) is 41.8 Å². The molecular formula is C14H14Cl2N2OS. The van der Waals surface area contributed by atoms with E-state index in [2.05, 4.69) is 9.97 Å². The van der Waals surface area contributed by atoms with Gasteiger partial charge in [0.05, 0.1) is 16.7 Å². The molecule has 0 atom stereocenters. The van der Waals surface area contributed by atoms with Crippen LogP contribution in [0.5, 0.6) is 5.75 Å². The summed E-state index contributed by atoms with van der Waals surface area (Å²) >= 11 is 13.4. The van der Waals surface area contributed by atoms with E-state index in [-0.39, 0.29) is 0 Å². The van der Waals surface area contributed by atoms with E-state index in [1.54, 1.807) is 36.3 Å². The maximum Gasteiger partial charge on any atom is 0.187 e. The summed E-state index contributed by atoms with van der Waals surface area (Å²) in [7, 11) is 0. The first-order valence-corrected chi connectivity index (χ1v) is 7.97. The van der Waals surface area contributed by atoms with Gasteiger partial charge in [-0.05, 0) is 31.0 Å². The molecule has 0 N–H and O–H groups in total. The Labute approximate surface area is 132 Å². The van der Waals surface area contributed by atoms with Crippen molar-refractivity contribution in [2.45, 2.75) is 18.0 Å². The molecule has 0 aliphatic rings. The molecule has 3 nitrogen and oxygen atoms in total. The predicted molar refractivity (Wildman–Crippen MR) is 83.9 cm³/mol. The van der Waals surface area contributed by atoms with Crippen molar-refractivity contribution in [3.63, 3.8) is 0 Å². The molecule has 6 heteroatoms. The lowest BCUT2D eigenvalue weighted by molar-refractivity contribution is 0.310. The summed E-state index contributed by atoms with van der Waals surface area (Å²) < 4.78 is 5.61. The molecule has 0 aliphatic carbocycles. The summed E-state index contributed by atoms with van der Waals surface area (Å²) in [5, 5.41) is 1.87. The highest BCUT2D eigenvalue weighted by Crippen LogP contribution is 2.26. The minimum Gasteiger partial charge on any atom is -0.494 e. The van der Waals surface area contributed by atoms with Gasteiger partial charge in [-0.15, -0.1) is 0 Å². The summed E-state index contributed by atoms with van der Waals surface area (Å²) in [6.45, 7) is 0.661. The number of nitrogens with zero attached hydrogens (tertiary/aromatic N) is 2. The molecule has 0 radical (unpaired) electrons. The smallest absolute Gasteiger partial charge is 0.187 e. The van der Waals surface area contributed by atoms with E-state index in [1.807, 2.05) is 12.1 Å². The van der Waals surface area contributed by atoms with Crippen molar-refractivity contribution in [3.8, 4) is 5.75 Å². The second kappa shape index (κ2) is 8.35. The van der Waals surface area contributed by atoms with Crippen molar-refractivity contribution in [2.24, 2.45) is 0 Å². The van der Waals surface area contributed by atoms with Crippen molar-refractivity contribution >= 4 is 35.0 Å². The molecule has 0 bridgehead atoms. The lowest BCUT2D eigenvalue weighted by Gasteiger charge is -2.06. The Morgan fingerprint density at radius 2 is 1.85 bits per heavy atom. The molecule has 0 amide bonds. The van der Waals surface area contributed by atoms with E-state index in [0.29, 0.717) is 16.7 Å². The summed E-state index contributed by atoms with van der Waals surface area (Å²) in [5.41, 5.74) is 0. The van der Waals surface area contributed by atoms with Crippen molar-refractivity contribution in [1.82, 2.24) is 9.97 Å². The second-order valence-electron chi connectivity index (χ2n) is 4.01. The summed E-state index contributed by atoms with van der Waals surface area (Å²) in [6, 6.07) is 7.11. The fraction of sp³-hybridized carbons (Fsp3) is 0.286. The number of unbranched alkanes of at least 4 members (excludes halogenated alkanes) is 1. The van der Waals surface area contributed by atoms with Gasteiger partial charge < -0.3 is 4.74 Å². The number of hydrogen-bond acceptors (Lipinski definition) is 4. The monoisotopic (exact) mass is 328 g/mol. The number of halogens is 2.